The van der Waals surface area contributed by atoms with Gasteiger partial charge < -0.3 is 14.2 Å². The summed E-state index contributed by atoms with van der Waals surface area (Å²) in [5, 5.41) is 2.76. The van der Waals surface area contributed by atoms with Gasteiger partial charge in [-0.3, -0.25) is 4.79 Å². The fourth-order valence-corrected chi connectivity index (χ4v) is 2.53. The van der Waals surface area contributed by atoms with Crippen LogP contribution in [0.2, 0.25) is 0 Å². The van der Waals surface area contributed by atoms with Gasteiger partial charge in [-0.15, -0.1) is 11.3 Å². The predicted octanol–water partition coefficient (Wildman–Crippen LogP) is 1.62. The monoisotopic (exact) mass is 294 g/mol. The van der Waals surface area contributed by atoms with Gasteiger partial charge in [-0.1, -0.05) is 0 Å². The highest BCUT2D eigenvalue weighted by molar-refractivity contribution is 7.13. The van der Waals surface area contributed by atoms with E-state index in [0.29, 0.717) is 13.2 Å². The molecule has 0 bridgehead atoms. The van der Waals surface area contributed by atoms with Crippen LogP contribution in [0.4, 0.5) is 5.13 Å². The number of anilines is 1. The Labute approximate surface area is 122 Å². The van der Waals surface area contributed by atoms with Gasteiger partial charge in [0.05, 0.1) is 25.3 Å². The summed E-state index contributed by atoms with van der Waals surface area (Å²) in [7, 11) is 3.92. The number of ether oxygens (including phenoxy) is 1. The highest BCUT2D eigenvalue weighted by Gasteiger charge is 2.12. The Morgan fingerprint density at radius 3 is 3.00 bits per heavy atom. The summed E-state index contributed by atoms with van der Waals surface area (Å²) in [5.74, 6) is 0.728. The number of nitrogens with zero attached hydrogens (tertiary/aromatic N) is 4. The lowest BCUT2D eigenvalue weighted by Gasteiger charge is -2.15. The average molecular weight is 294 g/mol. The summed E-state index contributed by atoms with van der Waals surface area (Å²) in [6.07, 6.45) is 3.91. The van der Waals surface area contributed by atoms with Crippen molar-refractivity contribution < 1.29 is 9.53 Å². The lowest BCUT2D eigenvalue weighted by atomic mass is 10.3. The lowest BCUT2D eigenvalue weighted by Crippen LogP contribution is -2.19. The van der Waals surface area contributed by atoms with Crippen molar-refractivity contribution in [3.8, 4) is 0 Å². The molecule has 0 radical (unpaired) electrons. The van der Waals surface area contributed by atoms with Gasteiger partial charge >= 0.3 is 5.97 Å². The zero-order valence-corrected chi connectivity index (χ0v) is 12.7. The number of aromatic nitrogens is 3. The molecule has 2 rings (SSSR count). The van der Waals surface area contributed by atoms with Crippen molar-refractivity contribution >= 4 is 22.4 Å². The van der Waals surface area contributed by atoms with Crippen molar-refractivity contribution in [2.75, 3.05) is 18.6 Å². The molecule has 0 amide bonds. The van der Waals surface area contributed by atoms with Crippen LogP contribution >= 0.6 is 11.3 Å². The van der Waals surface area contributed by atoms with Crippen molar-refractivity contribution in [3.63, 3.8) is 0 Å². The first-order valence-electron chi connectivity index (χ1n) is 6.37. The van der Waals surface area contributed by atoms with E-state index in [1.165, 1.54) is 11.3 Å². The second kappa shape index (κ2) is 6.51. The van der Waals surface area contributed by atoms with Crippen LogP contribution in [0.3, 0.4) is 0 Å². The Balaban J connectivity index is 1.97. The molecule has 0 atom stereocenters. The molecule has 0 saturated carbocycles. The van der Waals surface area contributed by atoms with Gasteiger partial charge in [0.15, 0.2) is 5.13 Å². The second-order valence-electron chi connectivity index (χ2n) is 4.41. The molecular weight excluding hydrogens is 276 g/mol. The number of rotatable bonds is 6. The molecular formula is C13H18N4O2S. The Hall–Kier alpha value is -1.89. The molecule has 108 valence electrons. The molecule has 0 unspecified atom stereocenters. The summed E-state index contributed by atoms with van der Waals surface area (Å²) >= 11 is 1.52. The largest absolute Gasteiger partial charge is 0.466 e. The van der Waals surface area contributed by atoms with E-state index in [0.717, 1.165) is 16.6 Å². The predicted molar refractivity (Wildman–Crippen MR) is 77.8 cm³/mol. The number of carbonyl (C=O) groups excluding carboxylic acids is 1. The van der Waals surface area contributed by atoms with E-state index >= 15 is 0 Å². The van der Waals surface area contributed by atoms with Gasteiger partial charge in [-0.05, 0) is 6.92 Å². The smallest absolute Gasteiger partial charge is 0.311 e. The maximum atomic E-state index is 11.4. The molecule has 2 heterocycles. The maximum Gasteiger partial charge on any atom is 0.311 e. The lowest BCUT2D eigenvalue weighted by molar-refractivity contribution is -0.142. The summed E-state index contributed by atoms with van der Waals surface area (Å²) in [5.41, 5.74) is 0.746. The molecule has 0 saturated heterocycles. The SMILES string of the molecule is CCOC(=O)Cc1csc(N(C)Cc2nccn2C)n1. The van der Waals surface area contributed by atoms with Crippen LogP contribution in [0.1, 0.15) is 18.4 Å². The second-order valence-corrected chi connectivity index (χ2v) is 5.25. The average Bonchev–Trinajstić information content (AvgIpc) is 3.00. The van der Waals surface area contributed by atoms with E-state index in [1.807, 2.05) is 35.1 Å². The molecule has 2 aromatic rings. The van der Waals surface area contributed by atoms with E-state index < -0.39 is 0 Å². The minimum Gasteiger partial charge on any atom is -0.466 e. The summed E-state index contributed by atoms with van der Waals surface area (Å²) in [4.78, 5) is 22.2. The van der Waals surface area contributed by atoms with E-state index in [2.05, 4.69) is 9.97 Å². The molecule has 7 heteroatoms. The maximum absolute atomic E-state index is 11.4. The molecule has 0 fully saturated rings. The summed E-state index contributed by atoms with van der Waals surface area (Å²) in [6.45, 7) is 2.87. The molecule has 0 aliphatic heterocycles. The Morgan fingerprint density at radius 2 is 2.35 bits per heavy atom. The highest BCUT2D eigenvalue weighted by atomic mass is 32.1. The molecule has 0 aliphatic rings. The summed E-state index contributed by atoms with van der Waals surface area (Å²) in [6, 6.07) is 0. The third-order valence-corrected chi connectivity index (χ3v) is 3.80. The van der Waals surface area contributed by atoms with Crippen LogP contribution in [-0.4, -0.2) is 34.2 Å². The first kappa shape index (κ1) is 14.5. The Kier molecular flexibility index (Phi) is 4.73. The highest BCUT2D eigenvalue weighted by Crippen LogP contribution is 2.21. The number of esters is 1. The van der Waals surface area contributed by atoms with E-state index in [9.17, 15) is 4.79 Å². The van der Waals surface area contributed by atoms with Crippen molar-refractivity contribution in [1.29, 1.82) is 0 Å². The van der Waals surface area contributed by atoms with Gasteiger partial charge in [0.2, 0.25) is 0 Å². The fraction of sp³-hybridized carbons (Fsp3) is 0.462. The molecule has 0 spiro atoms. The number of hydrogen-bond acceptors (Lipinski definition) is 6. The number of aryl methyl sites for hydroxylation is 1. The molecule has 0 aromatic carbocycles. The molecule has 20 heavy (non-hydrogen) atoms. The minimum atomic E-state index is -0.240. The molecule has 0 N–H and O–H groups in total. The Morgan fingerprint density at radius 1 is 1.55 bits per heavy atom. The van der Waals surface area contributed by atoms with Crippen molar-refractivity contribution in [2.24, 2.45) is 7.05 Å². The number of thiazole rings is 1. The first-order chi connectivity index (χ1) is 9.60. The standard InChI is InChI=1S/C13H18N4O2S/c1-4-19-12(18)7-10-9-20-13(15-10)17(3)8-11-14-5-6-16(11)2/h5-6,9H,4,7-8H2,1-3H3. The van der Waals surface area contributed by atoms with E-state index in [4.69, 9.17) is 4.74 Å². The van der Waals surface area contributed by atoms with Crippen LogP contribution in [-0.2, 0) is 29.5 Å². The van der Waals surface area contributed by atoms with Crippen LogP contribution in [0.5, 0.6) is 0 Å². The van der Waals surface area contributed by atoms with Crippen molar-refractivity contribution in [1.82, 2.24) is 14.5 Å². The molecule has 6 nitrogen and oxygen atoms in total. The van der Waals surface area contributed by atoms with Gasteiger partial charge in [0, 0.05) is 31.9 Å². The normalized spacial score (nSPS) is 10.6. The third kappa shape index (κ3) is 3.57. The van der Waals surface area contributed by atoms with Crippen molar-refractivity contribution in [2.45, 2.75) is 19.9 Å². The van der Waals surface area contributed by atoms with E-state index in [-0.39, 0.29) is 12.4 Å². The van der Waals surface area contributed by atoms with Gasteiger partial charge in [-0.25, -0.2) is 9.97 Å². The third-order valence-electron chi connectivity index (χ3n) is 2.80. The molecule has 2 aromatic heterocycles. The zero-order chi connectivity index (χ0) is 14.5. The van der Waals surface area contributed by atoms with E-state index in [1.54, 1.807) is 13.1 Å². The van der Waals surface area contributed by atoms with Crippen LogP contribution in [0.25, 0.3) is 0 Å². The zero-order valence-electron chi connectivity index (χ0n) is 11.9. The summed E-state index contributed by atoms with van der Waals surface area (Å²) < 4.78 is 6.89. The van der Waals surface area contributed by atoms with Crippen LogP contribution < -0.4 is 4.90 Å². The minimum absolute atomic E-state index is 0.223. The first-order valence-corrected chi connectivity index (χ1v) is 7.25. The fourth-order valence-electron chi connectivity index (χ4n) is 1.74. The van der Waals surface area contributed by atoms with Crippen LogP contribution in [0.15, 0.2) is 17.8 Å². The van der Waals surface area contributed by atoms with Crippen molar-refractivity contribution in [3.05, 3.63) is 29.3 Å². The van der Waals surface area contributed by atoms with Gasteiger partial charge in [-0.2, -0.15) is 0 Å². The van der Waals surface area contributed by atoms with Crippen LogP contribution in [0, 0.1) is 0 Å². The van der Waals surface area contributed by atoms with Gasteiger partial charge in [0.1, 0.15) is 5.82 Å². The number of imidazole rings is 1. The number of hydrogen-bond donors (Lipinski definition) is 0. The molecule has 0 aliphatic carbocycles. The Bertz CT molecular complexity index is 578. The number of carbonyl (C=O) groups is 1. The quantitative estimate of drug-likeness (QED) is 0.758. The topological polar surface area (TPSA) is 60.2 Å². The van der Waals surface area contributed by atoms with Gasteiger partial charge in [0.25, 0.3) is 0 Å².